The normalized spacial score (nSPS) is 29.6. The van der Waals surface area contributed by atoms with Crippen LogP contribution in [0, 0.1) is 34.6 Å². The number of aromatic amines is 5. The summed E-state index contributed by atoms with van der Waals surface area (Å²) >= 11 is 25.9. The molecule has 0 radical (unpaired) electrons. The molecule has 570 valence electrons. The number of H-pyrrole nitrogens is 5. The Bertz CT molecular complexity index is 4930. The lowest BCUT2D eigenvalue weighted by atomic mass is 10.2. The summed E-state index contributed by atoms with van der Waals surface area (Å²) < 4.78 is 109. The van der Waals surface area contributed by atoms with E-state index in [9.17, 15) is 72.1 Å². The highest BCUT2D eigenvalue weighted by atomic mass is 32.7. The van der Waals surface area contributed by atoms with Crippen molar-refractivity contribution >= 4 is 93.1 Å². The second kappa shape index (κ2) is 32.6. The Morgan fingerprint density at radius 3 is 0.932 bits per heavy atom. The van der Waals surface area contributed by atoms with Crippen molar-refractivity contribution in [3.8, 4) is 0 Å². The van der Waals surface area contributed by atoms with E-state index < -0.39 is 215 Å². The lowest BCUT2D eigenvalue weighted by Crippen LogP contribution is -2.33. The lowest BCUT2D eigenvalue weighted by molar-refractivity contribution is -0.0559. The molecule has 50 heteroatoms. The van der Waals surface area contributed by atoms with Crippen LogP contribution in [0.25, 0.3) is 0 Å². The fourth-order valence-electron chi connectivity index (χ4n) is 11.6. The van der Waals surface area contributed by atoms with Gasteiger partial charge in [-0.3, -0.25) is 80.8 Å². The maximum Gasteiger partial charge on any atom is 0.386 e. The minimum Gasteiger partial charge on any atom is -0.352 e. The van der Waals surface area contributed by atoms with Crippen molar-refractivity contribution in [2.24, 2.45) is 0 Å². The summed E-state index contributed by atoms with van der Waals surface area (Å²) in [7, 11) is 0. The molecule has 5 unspecified atom stereocenters. The van der Waals surface area contributed by atoms with Crippen LogP contribution in [0.3, 0.4) is 0 Å². The quantitative estimate of drug-likeness (QED) is 0.0236. The summed E-state index contributed by atoms with van der Waals surface area (Å²) in [5.41, 5.74) is -7.22. The van der Waals surface area contributed by atoms with Crippen LogP contribution in [0.15, 0.2) is 78.9 Å². The average molecular weight is 1650 g/mol. The second-order valence-corrected chi connectivity index (χ2v) is 38.8. The first-order valence-electron chi connectivity index (χ1n) is 31.2. The summed E-state index contributed by atoms with van der Waals surface area (Å²) in [6.45, 7) is -13.3. The summed E-state index contributed by atoms with van der Waals surface area (Å²) in [4.78, 5) is 184. The van der Waals surface area contributed by atoms with Crippen molar-refractivity contribution in [3.05, 3.63) is 163 Å². The number of aryl methyl sites for hydroxylation is 5. The number of nitrogens with zero attached hydrogens (tertiary/aromatic N) is 5. The highest BCUT2D eigenvalue weighted by Gasteiger charge is 2.49. The van der Waals surface area contributed by atoms with Crippen LogP contribution in [-0.4, -0.2) is 161 Å². The number of hydrogen-bond acceptors (Lipinski definition) is 30. The van der Waals surface area contributed by atoms with E-state index in [1.807, 2.05) is 0 Å². The van der Waals surface area contributed by atoms with Gasteiger partial charge in [-0.05, 0) is 103 Å². The molecule has 10 rings (SSSR count). The zero-order valence-corrected chi connectivity index (χ0v) is 64.1. The average Bonchev–Trinajstić information content (AvgIpc) is 1.69. The zero-order valence-electron chi connectivity index (χ0n) is 55.4. The first kappa shape index (κ1) is 81.3. The lowest BCUT2D eigenvalue weighted by Gasteiger charge is -2.28. The molecule has 5 aliphatic rings. The van der Waals surface area contributed by atoms with E-state index in [1.165, 1.54) is 65.6 Å². The van der Waals surface area contributed by atoms with Crippen LogP contribution in [0.1, 0.15) is 112 Å². The topological polar surface area (TPSA) is 511 Å². The van der Waals surface area contributed by atoms with Gasteiger partial charge >= 0.3 is 62.1 Å². The predicted octanol–water partition coefficient (Wildman–Crippen LogP) is 1.06. The van der Waals surface area contributed by atoms with Crippen LogP contribution in [0.5, 0.6) is 0 Å². The molecule has 0 aromatic carbocycles. The van der Waals surface area contributed by atoms with E-state index in [4.69, 9.17) is 116 Å². The summed E-state index contributed by atoms with van der Waals surface area (Å²) in [5.74, 6) is 0. The van der Waals surface area contributed by atoms with E-state index in [1.54, 1.807) is 20.8 Å². The summed E-state index contributed by atoms with van der Waals surface area (Å²) in [6, 6.07) is 0. The van der Waals surface area contributed by atoms with Gasteiger partial charge in [0.05, 0.1) is 63.1 Å². The highest BCUT2D eigenvalue weighted by molar-refractivity contribution is 8.44. The molecule has 5 aliphatic heterocycles. The molecule has 0 bridgehead atoms. The molecule has 10 heterocycles. The molecule has 5 aromatic rings. The highest BCUT2D eigenvalue weighted by Crippen LogP contribution is 2.59. The number of nitrogens with one attached hydrogen (secondary N) is 5. The van der Waals surface area contributed by atoms with E-state index in [-0.39, 0.29) is 59.9 Å². The Morgan fingerprint density at radius 2 is 0.650 bits per heavy atom. The molecule has 40 nitrogen and oxygen atoms in total. The molecular weight excluding hydrogens is 1570 g/mol. The smallest absolute Gasteiger partial charge is 0.352 e. The number of rotatable bonds is 29. The Labute approximate surface area is 605 Å². The van der Waals surface area contributed by atoms with Crippen LogP contribution >= 0.6 is 45.9 Å². The fraction of sp³-hybridized carbons (Fsp3) is 0.623. The van der Waals surface area contributed by atoms with Crippen LogP contribution in [0.4, 0.5) is 0 Å². The van der Waals surface area contributed by atoms with Gasteiger partial charge in [0.15, 0.2) is 0 Å². The Kier molecular flexibility index (Phi) is 25.7. The maximum absolute atomic E-state index is 14.5. The van der Waals surface area contributed by atoms with Gasteiger partial charge in [0.2, 0.25) is 0 Å². The van der Waals surface area contributed by atoms with Crippen molar-refractivity contribution in [3.63, 3.8) is 0 Å². The molecule has 5 saturated heterocycles. The van der Waals surface area contributed by atoms with Crippen molar-refractivity contribution in [1.82, 2.24) is 47.8 Å². The summed E-state index contributed by atoms with van der Waals surface area (Å²) in [5, 5.41) is 0. The van der Waals surface area contributed by atoms with E-state index in [0.29, 0.717) is 0 Å². The Hall–Kier alpha value is -4.18. The molecule has 5 fully saturated rings. The molecule has 103 heavy (non-hydrogen) atoms. The third-order valence-corrected chi connectivity index (χ3v) is 24.8. The molecule has 9 N–H and O–H groups in total. The van der Waals surface area contributed by atoms with Gasteiger partial charge in [-0.25, -0.2) is 28.5 Å². The Morgan fingerprint density at radius 1 is 0.417 bits per heavy atom. The third-order valence-electron chi connectivity index (χ3n) is 16.6. The molecule has 20 atom stereocenters. The van der Waals surface area contributed by atoms with Gasteiger partial charge in [0, 0.05) is 90.9 Å². The van der Waals surface area contributed by atoms with Crippen molar-refractivity contribution in [2.45, 2.75) is 186 Å². The molecular formula is C53H73N10O30P5S5. The van der Waals surface area contributed by atoms with Gasteiger partial charge in [0.25, 0.3) is 27.8 Å². The van der Waals surface area contributed by atoms with Crippen molar-refractivity contribution in [1.29, 1.82) is 0 Å². The van der Waals surface area contributed by atoms with Gasteiger partial charge in [-0.1, -0.05) is 12.2 Å². The van der Waals surface area contributed by atoms with Crippen LogP contribution in [-0.2, 0) is 121 Å². The molecule has 0 spiro atoms. The minimum atomic E-state index is -4.75. The SMILES string of the molecule is Cc1cn([C@H]2C[C@H](OP(O)(=S)OC[C@H]3O[C@@H](n4cc(C)c(=O)[nH]c4=O)C[C@@H]3OP(=O)(S)OC[C@H]3O[C@@H](n4cc(C)c(=O)[nH]c4=O)C[C@@H]3OP(O)(=S)OC[C@H]3O[C@@H](n4cc(C)c(=O)[nH]c4=O)C[C@@H]3OP(O)(=S)OC[C@H]3O[C@@H](n4cc(C)c(=O)[nH]c4=O)C[C@@H]3OP(O)(=S)OC(C)C)[C@@H](C)O2)c(=O)[nH]c1=O. The van der Waals surface area contributed by atoms with E-state index in [2.05, 4.69) is 37.2 Å². The van der Waals surface area contributed by atoms with Gasteiger partial charge in [-0.2, -0.15) is 0 Å². The Balaban J connectivity index is 0.847. The van der Waals surface area contributed by atoms with Gasteiger partial charge < -0.3 is 79.4 Å². The second-order valence-electron chi connectivity index (χ2n) is 24.8. The largest absolute Gasteiger partial charge is 0.386 e. The molecule has 0 amide bonds. The maximum atomic E-state index is 14.5. The summed E-state index contributed by atoms with van der Waals surface area (Å²) in [6.07, 6.45) is -14.6. The first-order valence-corrected chi connectivity index (χ1v) is 44.3. The standard InChI is InChI=1S/C53H73N10O30P5S5/c1-23(2)88-98(78,103)93-34-13-43(63-18-28(7)48(68)58-53(63)73)87-38(34)22-82-97(77,102)92-33-12-42(62-17-27(6)47(67)57-52(62)72)86-37(33)21-81-96(76,101)91-32-11-41(61-16-26(5)46(66)56-51(61)71)85-36(32)20-80-95(75,100)90-31-10-40(60-15-25(4)45(65)55-50(60)70)84-35(31)19-79-94(74,99)89-30-9-39(83-29(30)8)59-14-24(3)44(64)54-49(59)69/h14-18,23,29-43H,9-13,19-22H2,1-8H3,(H,74,99)(H,75,100)(H,76,101)(H,77,102)(H,78,103)(H,54,64,69)(H,55,65,70)(H,56,66,71)(H,57,67,72)(H,58,68,73)/t29-,30+,31+,32+,33+,34+,35-,36-,37-,38-,39-,40-,41-,42-,43-,94?,95?,96?,97?,98?/m1/s1. The minimum absolute atomic E-state index is 0.0384. The zero-order chi connectivity index (χ0) is 75.3. The third kappa shape index (κ3) is 20.4. The van der Waals surface area contributed by atoms with Crippen LogP contribution in [0.2, 0.25) is 0 Å². The van der Waals surface area contributed by atoms with E-state index in [0.717, 1.165) is 22.8 Å². The predicted molar refractivity (Wildman–Crippen MR) is 376 cm³/mol. The molecule has 5 aromatic heterocycles. The fourth-order valence-corrected chi connectivity index (χ4v) is 19.5. The molecule has 0 saturated carbocycles. The molecule has 0 aliphatic carbocycles. The monoisotopic (exact) mass is 1640 g/mol. The number of ether oxygens (including phenoxy) is 5. The van der Waals surface area contributed by atoms with Gasteiger partial charge in [0.1, 0.15) is 61.7 Å². The van der Waals surface area contributed by atoms with E-state index >= 15 is 0 Å². The number of hydrogen-bond donors (Lipinski definition) is 10. The first-order chi connectivity index (χ1) is 48.0. The van der Waals surface area contributed by atoms with Crippen LogP contribution < -0.4 is 56.2 Å². The van der Waals surface area contributed by atoms with Crippen molar-refractivity contribution in [2.75, 3.05) is 26.4 Å². The number of aromatic nitrogens is 10. The number of thiol groups is 1. The van der Waals surface area contributed by atoms with Crippen molar-refractivity contribution < 1.29 is 93.1 Å². The van der Waals surface area contributed by atoms with Gasteiger partial charge in [-0.15, -0.1) is 0 Å².